The Morgan fingerprint density at radius 2 is 2.33 bits per heavy atom. The van der Waals surface area contributed by atoms with Crippen LogP contribution in [0.3, 0.4) is 0 Å². The van der Waals surface area contributed by atoms with E-state index in [1.807, 2.05) is 0 Å². The number of ketones is 1. The Kier molecular flexibility index (Phi) is 2.73. The van der Waals surface area contributed by atoms with Gasteiger partial charge in [-0.1, -0.05) is 23.7 Å². The maximum Gasteiger partial charge on any atom is 0.186 e. The van der Waals surface area contributed by atoms with Crippen molar-refractivity contribution in [3.8, 4) is 0 Å². The van der Waals surface area contributed by atoms with E-state index in [-0.39, 0.29) is 12.3 Å². The molecule has 0 unspecified atom stereocenters. The molecule has 0 saturated carbocycles. The maximum atomic E-state index is 11.7. The normalized spacial score (nSPS) is 10.2. The third kappa shape index (κ3) is 2.38. The Labute approximate surface area is 90.7 Å². The lowest BCUT2D eigenvalue weighted by Crippen LogP contribution is -2.13. The summed E-state index contributed by atoms with van der Waals surface area (Å²) in [5.41, 5.74) is 0.541. The molecule has 2 aromatic rings. The molecular formula is C9H7ClN4O. The van der Waals surface area contributed by atoms with Crippen LogP contribution in [0.2, 0.25) is 5.02 Å². The summed E-state index contributed by atoms with van der Waals surface area (Å²) in [5.74, 6) is -0.101. The second-order valence-electron chi connectivity index (χ2n) is 2.90. The maximum absolute atomic E-state index is 11.7. The fourth-order valence-electron chi connectivity index (χ4n) is 1.14. The minimum absolute atomic E-state index is 0.0698. The van der Waals surface area contributed by atoms with Crippen molar-refractivity contribution < 1.29 is 4.79 Å². The monoisotopic (exact) mass is 222 g/mol. The molecule has 0 saturated heterocycles. The van der Waals surface area contributed by atoms with Crippen molar-refractivity contribution in [3.63, 3.8) is 0 Å². The first-order valence-corrected chi connectivity index (χ1v) is 4.63. The molecule has 15 heavy (non-hydrogen) atoms. The summed E-state index contributed by atoms with van der Waals surface area (Å²) in [6, 6.07) is 6.75. The molecule has 0 bridgehead atoms. The minimum atomic E-state index is -0.101. The molecule has 6 heteroatoms. The van der Waals surface area contributed by atoms with Gasteiger partial charge in [-0.25, -0.2) is 0 Å². The average Bonchev–Trinajstić information content (AvgIpc) is 2.70. The van der Waals surface area contributed by atoms with Crippen LogP contribution in [0.1, 0.15) is 10.4 Å². The first-order chi connectivity index (χ1) is 7.25. The first kappa shape index (κ1) is 9.79. The van der Waals surface area contributed by atoms with E-state index in [0.717, 1.165) is 0 Å². The molecule has 1 aromatic carbocycles. The van der Waals surface area contributed by atoms with Gasteiger partial charge in [-0.3, -0.25) is 4.79 Å². The zero-order valence-corrected chi connectivity index (χ0v) is 8.42. The number of hydrogen-bond donors (Lipinski definition) is 0. The van der Waals surface area contributed by atoms with Gasteiger partial charge in [0, 0.05) is 10.6 Å². The Balaban J connectivity index is 2.15. The van der Waals surface area contributed by atoms with E-state index in [9.17, 15) is 4.79 Å². The van der Waals surface area contributed by atoms with Crippen LogP contribution in [0.4, 0.5) is 0 Å². The molecule has 0 atom stereocenters. The average molecular weight is 223 g/mol. The quantitative estimate of drug-likeness (QED) is 0.733. The number of rotatable bonds is 3. The van der Waals surface area contributed by atoms with Gasteiger partial charge in [0.1, 0.15) is 6.54 Å². The van der Waals surface area contributed by atoms with Crippen LogP contribution in [-0.4, -0.2) is 26.0 Å². The van der Waals surface area contributed by atoms with Gasteiger partial charge in [0.05, 0.1) is 0 Å². The molecule has 0 radical (unpaired) electrons. The Morgan fingerprint density at radius 1 is 1.47 bits per heavy atom. The molecule has 0 spiro atoms. The SMILES string of the molecule is O=C(Cn1ncnn1)c1cccc(Cl)c1. The highest BCUT2D eigenvalue weighted by Gasteiger charge is 2.07. The van der Waals surface area contributed by atoms with Gasteiger partial charge in [-0.15, -0.1) is 10.2 Å². The van der Waals surface area contributed by atoms with Crippen molar-refractivity contribution in [2.45, 2.75) is 6.54 Å². The molecule has 0 fully saturated rings. The van der Waals surface area contributed by atoms with Crippen LogP contribution in [0.15, 0.2) is 30.6 Å². The second-order valence-corrected chi connectivity index (χ2v) is 3.34. The van der Waals surface area contributed by atoms with Gasteiger partial charge in [0.15, 0.2) is 12.1 Å². The number of benzene rings is 1. The number of carbonyl (C=O) groups is 1. The molecule has 0 aliphatic carbocycles. The Hall–Kier alpha value is -1.75. The van der Waals surface area contributed by atoms with Crippen LogP contribution in [0.5, 0.6) is 0 Å². The summed E-state index contributed by atoms with van der Waals surface area (Å²) in [6.07, 6.45) is 1.28. The predicted molar refractivity (Wildman–Crippen MR) is 53.6 cm³/mol. The summed E-state index contributed by atoms with van der Waals surface area (Å²) in [4.78, 5) is 12.9. The fraction of sp³-hybridized carbons (Fsp3) is 0.111. The van der Waals surface area contributed by atoms with E-state index in [2.05, 4.69) is 15.4 Å². The van der Waals surface area contributed by atoms with E-state index in [1.165, 1.54) is 11.1 Å². The summed E-state index contributed by atoms with van der Waals surface area (Å²) in [5, 5.41) is 11.4. The van der Waals surface area contributed by atoms with E-state index >= 15 is 0 Å². The molecule has 1 aromatic heterocycles. The van der Waals surface area contributed by atoms with Gasteiger partial charge < -0.3 is 0 Å². The molecule has 0 aliphatic rings. The number of Topliss-reactive ketones (excluding diaryl/α,β-unsaturated/α-hetero) is 1. The number of halogens is 1. The van der Waals surface area contributed by atoms with Gasteiger partial charge in [0.2, 0.25) is 0 Å². The van der Waals surface area contributed by atoms with E-state index in [1.54, 1.807) is 24.3 Å². The number of carbonyl (C=O) groups excluding carboxylic acids is 1. The highest BCUT2D eigenvalue weighted by Crippen LogP contribution is 2.11. The summed E-state index contributed by atoms with van der Waals surface area (Å²) in [6.45, 7) is 0.0698. The van der Waals surface area contributed by atoms with Crippen molar-refractivity contribution >= 4 is 17.4 Å². The molecule has 5 nitrogen and oxygen atoms in total. The summed E-state index contributed by atoms with van der Waals surface area (Å²) < 4.78 is 0. The van der Waals surface area contributed by atoms with E-state index in [0.29, 0.717) is 10.6 Å². The van der Waals surface area contributed by atoms with Gasteiger partial charge in [-0.05, 0) is 17.3 Å². The standard InChI is InChI=1S/C9H7ClN4O/c10-8-3-1-2-7(4-8)9(15)5-14-12-6-11-13-14/h1-4,6H,5H2. The number of nitrogens with zero attached hydrogens (tertiary/aromatic N) is 4. The molecule has 0 aliphatic heterocycles. The Morgan fingerprint density at radius 3 is 3.00 bits per heavy atom. The van der Waals surface area contributed by atoms with Crippen LogP contribution in [0, 0.1) is 0 Å². The zero-order chi connectivity index (χ0) is 10.7. The van der Waals surface area contributed by atoms with Gasteiger partial charge >= 0.3 is 0 Å². The highest BCUT2D eigenvalue weighted by molar-refractivity contribution is 6.30. The molecule has 2 rings (SSSR count). The van der Waals surface area contributed by atoms with Gasteiger partial charge in [-0.2, -0.15) is 4.80 Å². The fourth-order valence-corrected chi connectivity index (χ4v) is 1.33. The van der Waals surface area contributed by atoms with Crippen LogP contribution in [0.25, 0.3) is 0 Å². The molecule has 76 valence electrons. The molecule has 0 amide bonds. The molecule has 0 N–H and O–H groups in total. The van der Waals surface area contributed by atoms with Gasteiger partial charge in [0.25, 0.3) is 0 Å². The predicted octanol–water partition coefficient (Wildman–Crippen LogP) is 1.21. The number of aromatic nitrogens is 4. The lowest BCUT2D eigenvalue weighted by molar-refractivity contribution is 0.0961. The van der Waals surface area contributed by atoms with Crippen LogP contribution in [-0.2, 0) is 6.54 Å². The Bertz CT molecular complexity index is 469. The van der Waals surface area contributed by atoms with Crippen LogP contribution < -0.4 is 0 Å². The van der Waals surface area contributed by atoms with Crippen molar-refractivity contribution in [2.75, 3.05) is 0 Å². The van der Waals surface area contributed by atoms with E-state index in [4.69, 9.17) is 11.6 Å². The smallest absolute Gasteiger partial charge is 0.186 e. The first-order valence-electron chi connectivity index (χ1n) is 4.25. The number of hydrogen-bond acceptors (Lipinski definition) is 4. The minimum Gasteiger partial charge on any atom is -0.292 e. The van der Waals surface area contributed by atoms with E-state index < -0.39 is 0 Å². The molecular weight excluding hydrogens is 216 g/mol. The van der Waals surface area contributed by atoms with Crippen molar-refractivity contribution in [1.29, 1.82) is 0 Å². The molecule has 1 heterocycles. The second kappa shape index (κ2) is 4.18. The topological polar surface area (TPSA) is 60.7 Å². The van der Waals surface area contributed by atoms with Crippen molar-refractivity contribution in [1.82, 2.24) is 20.2 Å². The van der Waals surface area contributed by atoms with Crippen LogP contribution >= 0.6 is 11.6 Å². The number of tetrazole rings is 1. The third-order valence-corrected chi connectivity index (χ3v) is 2.06. The summed E-state index contributed by atoms with van der Waals surface area (Å²) >= 11 is 5.77. The largest absolute Gasteiger partial charge is 0.292 e. The van der Waals surface area contributed by atoms with Crippen molar-refractivity contribution in [3.05, 3.63) is 41.2 Å². The third-order valence-electron chi connectivity index (χ3n) is 1.82. The lowest BCUT2D eigenvalue weighted by Gasteiger charge is -1.99. The lowest BCUT2D eigenvalue weighted by atomic mass is 10.1. The highest BCUT2D eigenvalue weighted by atomic mass is 35.5. The summed E-state index contributed by atoms with van der Waals surface area (Å²) in [7, 11) is 0. The van der Waals surface area contributed by atoms with Crippen molar-refractivity contribution in [2.24, 2.45) is 0 Å². The zero-order valence-electron chi connectivity index (χ0n) is 7.67.